The van der Waals surface area contributed by atoms with E-state index in [1.165, 1.54) is 6.92 Å². The molecule has 0 amide bonds. The van der Waals surface area contributed by atoms with Crippen LogP contribution in [-0.2, 0) is 9.53 Å². The summed E-state index contributed by atoms with van der Waals surface area (Å²) in [5, 5.41) is 0. The Labute approximate surface area is 172 Å². The molecule has 2 aromatic carbocycles. The zero-order valence-corrected chi connectivity index (χ0v) is 17.7. The summed E-state index contributed by atoms with van der Waals surface area (Å²) in [4.78, 5) is 11.7. The fourth-order valence-corrected chi connectivity index (χ4v) is 2.98. The van der Waals surface area contributed by atoms with E-state index in [0.717, 1.165) is 11.1 Å². The summed E-state index contributed by atoms with van der Waals surface area (Å²) in [6, 6.07) is 11.0. The highest BCUT2D eigenvalue weighted by Gasteiger charge is 2.26. The van der Waals surface area contributed by atoms with E-state index in [0.29, 0.717) is 23.0 Å². The van der Waals surface area contributed by atoms with Crippen LogP contribution in [0.5, 0.6) is 23.0 Å². The SMILES string of the molecule is C/C=C/c1ccc(O[C@H](C)[C@H](OC(C)=O)c2ccc(OC)c(OC)c2)c(OC)c1. The van der Waals surface area contributed by atoms with Gasteiger partial charge in [-0.2, -0.15) is 0 Å². The van der Waals surface area contributed by atoms with Crippen LogP contribution >= 0.6 is 0 Å². The molecule has 0 radical (unpaired) electrons. The molecule has 0 saturated heterocycles. The van der Waals surface area contributed by atoms with E-state index in [9.17, 15) is 4.79 Å². The van der Waals surface area contributed by atoms with Crippen LogP contribution in [0.4, 0.5) is 0 Å². The van der Waals surface area contributed by atoms with Crippen LogP contribution in [0, 0.1) is 0 Å². The molecule has 2 aromatic rings. The number of hydrogen-bond donors (Lipinski definition) is 0. The first-order valence-electron chi connectivity index (χ1n) is 9.30. The molecular formula is C23H28O6. The number of hydrogen-bond acceptors (Lipinski definition) is 6. The highest BCUT2D eigenvalue weighted by molar-refractivity contribution is 5.66. The van der Waals surface area contributed by atoms with Crippen molar-refractivity contribution in [2.75, 3.05) is 21.3 Å². The van der Waals surface area contributed by atoms with Crippen LogP contribution in [0.25, 0.3) is 6.08 Å². The molecule has 0 aliphatic heterocycles. The second kappa shape index (κ2) is 10.4. The van der Waals surface area contributed by atoms with Crippen LogP contribution in [0.3, 0.4) is 0 Å². The largest absolute Gasteiger partial charge is 0.493 e. The fourth-order valence-electron chi connectivity index (χ4n) is 2.98. The van der Waals surface area contributed by atoms with Gasteiger partial charge in [-0.05, 0) is 43.7 Å². The lowest BCUT2D eigenvalue weighted by molar-refractivity contribution is -0.151. The van der Waals surface area contributed by atoms with E-state index in [1.807, 2.05) is 50.3 Å². The van der Waals surface area contributed by atoms with Gasteiger partial charge in [0.25, 0.3) is 0 Å². The molecule has 6 nitrogen and oxygen atoms in total. The topological polar surface area (TPSA) is 63.2 Å². The molecule has 0 spiro atoms. The van der Waals surface area contributed by atoms with Gasteiger partial charge in [-0.25, -0.2) is 0 Å². The second-order valence-electron chi connectivity index (χ2n) is 6.38. The van der Waals surface area contributed by atoms with Gasteiger partial charge in [-0.3, -0.25) is 4.79 Å². The first kappa shape index (κ1) is 22.1. The molecule has 0 bridgehead atoms. The monoisotopic (exact) mass is 400 g/mol. The molecule has 0 saturated carbocycles. The van der Waals surface area contributed by atoms with Crippen LogP contribution in [0.15, 0.2) is 42.5 Å². The molecule has 0 fully saturated rings. The summed E-state index contributed by atoms with van der Waals surface area (Å²) >= 11 is 0. The minimum absolute atomic E-state index is 0.407. The third-order valence-corrected chi connectivity index (χ3v) is 4.32. The number of rotatable bonds is 9. The van der Waals surface area contributed by atoms with Crippen molar-refractivity contribution in [1.82, 2.24) is 0 Å². The quantitative estimate of drug-likeness (QED) is 0.563. The summed E-state index contributed by atoms with van der Waals surface area (Å²) in [5.41, 5.74) is 1.73. The number of methoxy groups -OCH3 is 3. The van der Waals surface area contributed by atoms with E-state index in [4.69, 9.17) is 23.7 Å². The van der Waals surface area contributed by atoms with Gasteiger partial charge in [-0.15, -0.1) is 0 Å². The number of benzene rings is 2. The molecule has 6 heteroatoms. The lowest BCUT2D eigenvalue weighted by Crippen LogP contribution is -2.26. The zero-order valence-electron chi connectivity index (χ0n) is 17.7. The van der Waals surface area contributed by atoms with Crippen molar-refractivity contribution >= 4 is 12.0 Å². The average Bonchev–Trinajstić information content (AvgIpc) is 2.72. The second-order valence-corrected chi connectivity index (χ2v) is 6.38. The van der Waals surface area contributed by atoms with Gasteiger partial charge < -0.3 is 23.7 Å². The number of ether oxygens (including phenoxy) is 5. The molecule has 0 aliphatic carbocycles. The summed E-state index contributed by atoms with van der Waals surface area (Å²) in [7, 11) is 4.71. The predicted molar refractivity (Wildman–Crippen MR) is 112 cm³/mol. The molecule has 0 aliphatic rings. The lowest BCUT2D eigenvalue weighted by Gasteiger charge is -2.26. The normalized spacial score (nSPS) is 12.9. The molecule has 0 aromatic heterocycles. The van der Waals surface area contributed by atoms with Gasteiger partial charge in [-0.1, -0.05) is 24.3 Å². The fraction of sp³-hybridized carbons (Fsp3) is 0.348. The zero-order chi connectivity index (χ0) is 21.4. The van der Waals surface area contributed by atoms with E-state index < -0.39 is 18.2 Å². The number of esters is 1. The Balaban J connectivity index is 2.35. The van der Waals surface area contributed by atoms with Crippen molar-refractivity contribution in [2.24, 2.45) is 0 Å². The van der Waals surface area contributed by atoms with Crippen LogP contribution < -0.4 is 18.9 Å². The van der Waals surface area contributed by atoms with Crippen molar-refractivity contribution in [3.8, 4) is 23.0 Å². The van der Waals surface area contributed by atoms with Gasteiger partial charge in [0.15, 0.2) is 29.1 Å². The standard InChI is InChI=1S/C23H28O6/c1-7-8-17-9-11-20(21(13-17)26-5)28-15(2)23(29-16(3)24)18-10-12-19(25-4)22(14-18)27-6/h7-15,23H,1-6H3/b8-7+/t15-,23+/m1/s1. The average molecular weight is 400 g/mol. The third-order valence-electron chi connectivity index (χ3n) is 4.32. The Kier molecular flexibility index (Phi) is 7.95. The molecule has 0 unspecified atom stereocenters. The number of allylic oxidation sites excluding steroid dienone is 1. The molecule has 29 heavy (non-hydrogen) atoms. The van der Waals surface area contributed by atoms with Crippen molar-refractivity contribution in [1.29, 1.82) is 0 Å². The van der Waals surface area contributed by atoms with Gasteiger partial charge in [0.2, 0.25) is 0 Å². The highest BCUT2D eigenvalue weighted by atomic mass is 16.6. The Morgan fingerprint density at radius 2 is 1.52 bits per heavy atom. The number of carbonyl (C=O) groups excluding carboxylic acids is 1. The Bertz CT molecular complexity index is 858. The first-order valence-corrected chi connectivity index (χ1v) is 9.30. The first-order chi connectivity index (χ1) is 13.9. The summed E-state index contributed by atoms with van der Waals surface area (Å²) in [6.45, 7) is 5.16. The summed E-state index contributed by atoms with van der Waals surface area (Å²) < 4.78 is 27.8. The van der Waals surface area contributed by atoms with Crippen LogP contribution in [0.2, 0.25) is 0 Å². The summed E-state index contributed by atoms with van der Waals surface area (Å²) in [5.74, 6) is 1.89. The maximum absolute atomic E-state index is 11.7. The molecule has 0 N–H and O–H groups in total. The van der Waals surface area contributed by atoms with E-state index in [2.05, 4.69) is 0 Å². The maximum atomic E-state index is 11.7. The van der Waals surface area contributed by atoms with Crippen molar-refractivity contribution in [3.05, 3.63) is 53.6 Å². The Hall–Kier alpha value is -3.15. The van der Waals surface area contributed by atoms with Gasteiger partial charge >= 0.3 is 5.97 Å². The molecule has 0 heterocycles. The minimum Gasteiger partial charge on any atom is -0.493 e. The Morgan fingerprint density at radius 1 is 0.897 bits per heavy atom. The van der Waals surface area contributed by atoms with Crippen LogP contribution in [-0.4, -0.2) is 33.4 Å². The van der Waals surface area contributed by atoms with Crippen molar-refractivity contribution in [3.63, 3.8) is 0 Å². The Morgan fingerprint density at radius 3 is 2.10 bits per heavy atom. The molecule has 156 valence electrons. The van der Waals surface area contributed by atoms with Gasteiger partial charge in [0, 0.05) is 12.5 Å². The summed E-state index contributed by atoms with van der Waals surface area (Å²) in [6.07, 6.45) is 2.79. The third kappa shape index (κ3) is 5.67. The highest BCUT2D eigenvalue weighted by Crippen LogP contribution is 2.35. The van der Waals surface area contributed by atoms with E-state index >= 15 is 0 Å². The molecule has 2 rings (SSSR count). The van der Waals surface area contributed by atoms with E-state index in [-0.39, 0.29) is 0 Å². The van der Waals surface area contributed by atoms with E-state index in [1.54, 1.807) is 33.5 Å². The lowest BCUT2D eigenvalue weighted by atomic mass is 10.0. The molecule has 2 atom stereocenters. The minimum atomic E-state index is -0.646. The van der Waals surface area contributed by atoms with Gasteiger partial charge in [0.05, 0.1) is 21.3 Å². The predicted octanol–water partition coefficient (Wildman–Crippen LogP) is 4.82. The van der Waals surface area contributed by atoms with Crippen molar-refractivity contribution < 1.29 is 28.5 Å². The molecular weight excluding hydrogens is 372 g/mol. The van der Waals surface area contributed by atoms with Crippen molar-refractivity contribution in [2.45, 2.75) is 33.0 Å². The number of carbonyl (C=O) groups is 1. The van der Waals surface area contributed by atoms with Crippen LogP contribution in [0.1, 0.15) is 38.0 Å². The van der Waals surface area contributed by atoms with Gasteiger partial charge in [0.1, 0.15) is 6.10 Å². The maximum Gasteiger partial charge on any atom is 0.303 e. The smallest absolute Gasteiger partial charge is 0.303 e.